The summed E-state index contributed by atoms with van der Waals surface area (Å²) in [6.07, 6.45) is 0. The first-order valence-electron chi connectivity index (χ1n) is 21.8. The normalized spacial score (nSPS) is 12.1. The highest BCUT2D eigenvalue weighted by Gasteiger charge is 2.22. The van der Waals surface area contributed by atoms with E-state index in [0.29, 0.717) is 0 Å². The topological polar surface area (TPSA) is 36.1 Å². The maximum Gasteiger partial charge on any atom is 0.135 e. The number of fused-ring (bicyclic) bond motifs is 12. The second kappa shape index (κ2) is 13.4. The van der Waals surface area contributed by atoms with E-state index >= 15 is 0 Å². The summed E-state index contributed by atoms with van der Waals surface area (Å²) in [7, 11) is 0. The van der Waals surface area contributed by atoms with Gasteiger partial charge in [0, 0.05) is 65.6 Å². The summed E-state index contributed by atoms with van der Waals surface area (Å²) in [6, 6.07) is 78.8. The molecular weight excluding hydrogens is 781 g/mol. The Morgan fingerprint density at radius 1 is 0.250 bits per heavy atom. The third-order valence-corrected chi connectivity index (χ3v) is 13.3. The first-order valence-corrected chi connectivity index (χ1v) is 21.8. The first-order chi connectivity index (χ1) is 31.7. The van der Waals surface area contributed by atoms with Gasteiger partial charge in [0.2, 0.25) is 0 Å². The summed E-state index contributed by atoms with van der Waals surface area (Å²) in [5.74, 6) is 0. The Morgan fingerprint density at radius 2 is 0.609 bits per heavy atom. The lowest BCUT2D eigenvalue weighted by Gasteiger charge is -2.15. The minimum Gasteiger partial charge on any atom is -0.456 e. The predicted octanol–water partition coefficient (Wildman–Crippen LogP) is 16.7. The van der Waals surface area contributed by atoms with Crippen LogP contribution in [-0.2, 0) is 0 Å². The van der Waals surface area contributed by atoms with Crippen molar-refractivity contribution < 1.29 is 8.83 Å². The molecule has 0 aliphatic rings. The van der Waals surface area contributed by atoms with Crippen LogP contribution in [0.4, 0.5) is 0 Å². The van der Waals surface area contributed by atoms with E-state index in [2.05, 4.69) is 203 Å². The molecule has 4 heterocycles. The third kappa shape index (κ3) is 5.11. The molecule has 4 heteroatoms. The van der Waals surface area contributed by atoms with Crippen molar-refractivity contribution in [3.63, 3.8) is 0 Å². The highest BCUT2D eigenvalue weighted by atomic mass is 16.3. The summed E-state index contributed by atoms with van der Waals surface area (Å²) in [6.45, 7) is 0. The third-order valence-electron chi connectivity index (χ3n) is 13.3. The minimum atomic E-state index is 0.902. The molecule has 0 radical (unpaired) electrons. The van der Waals surface area contributed by atoms with Crippen molar-refractivity contribution in [1.82, 2.24) is 9.13 Å². The van der Waals surface area contributed by atoms with Crippen LogP contribution in [0.3, 0.4) is 0 Å². The van der Waals surface area contributed by atoms with Crippen molar-refractivity contribution in [2.75, 3.05) is 0 Å². The molecule has 4 aromatic heterocycles. The molecule has 10 aromatic carbocycles. The second-order valence-electron chi connectivity index (χ2n) is 16.8. The van der Waals surface area contributed by atoms with Crippen molar-refractivity contribution in [3.05, 3.63) is 218 Å². The number of furan rings is 2. The van der Waals surface area contributed by atoms with Crippen LogP contribution in [0.2, 0.25) is 0 Å². The number of rotatable bonds is 5. The maximum atomic E-state index is 6.21. The average Bonchev–Trinajstić information content (AvgIpc) is 4.11. The molecule has 0 saturated carbocycles. The summed E-state index contributed by atoms with van der Waals surface area (Å²) < 4.78 is 17.3. The standard InChI is InChI=1S/C60H36N2O2/c1-3-13-41(14-4-1)61-53-29-25-37(39-27-31-57-51(35-39)43-17-7-9-23-55(43)63-57)33-49(53)47-21-11-19-45(59(47)61)46-20-12-22-48-50-34-38(26-30-54(50)62(60(46)48)42-15-5-2-6-16-42)40-28-32-58-52(36-40)44-18-8-10-24-56(44)64-58/h1-36H. The Labute approximate surface area is 367 Å². The van der Waals surface area contributed by atoms with Crippen LogP contribution < -0.4 is 0 Å². The molecule has 0 spiro atoms. The smallest absolute Gasteiger partial charge is 0.135 e. The van der Waals surface area contributed by atoms with Crippen molar-refractivity contribution in [3.8, 4) is 44.8 Å². The second-order valence-corrected chi connectivity index (χ2v) is 16.8. The number of nitrogens with zero attached hydrogens (tertiary/aromatic N) is 2. The number of benzene rings is 10. The van der Waals surface area contributed by atoms with Gasteiger partial charge in [0.1, 0.15) is 22.3 Å². The van der Waals surface area contributed by atoms with Gasteiger partial charge < -0.3 is 18.0 Å². The fourth-order valence-electron chi connectivity index (χ4n) is 10.4. The van der Waals surface area contributed by atoms with Gasteiger partial charge >= 0.3 is 0 Å². The molecule has 0 saturated heterocycles. The quantitative estimate of drug-likeness (QED) is 0.173. The Bertz CT molecular complexity index is 3910. The largest absolute Gasteiger partial charge is 0.456 e. The Kier molecular flexibility index (Phi) is 7.36. The molecule has 14 aromatic rings. The summed E-state index contributed by atoms with van der Waals surface area (Å²) in [5.41, 5.74) is 17.5. The van der Waals surface area contributed by atoms with Crippen molar-refractivity contribution in [2.24, 2.45) is 0 Å². The van der Waals surface area contributed by atoms with E-state index < -0.39 is 0 Å². The Hall–Kier alpha value is -8.60. The molecule has 0 amide bonds. The number of hydrogen-bond acceptors (Lipinski definition) is 2. The van der Waals surface area contributed by atoms with E-state index in [-0.39, 0.29) is 0 Å². The van der Waals surface area contributed by atoms with Crippen LogP contribution >= 0.6 is 0 Å². The molecule has 0 aliphatic carbocycles. The van der Waals surface area contributed by atoms with Gasteiger partial charge in [0.05, 0.1) is 22.1 Å². The lowest BCUT2D eigenvalue weighted by atomic mass is 9.97. The monoisotopic (exact) mass is 816 g/mol. The molecule has 0 fully saturated rings. The zero-order chi connectivity index (χ0) is 41.9. The van der Waals surface area contributed by atoms with Crippen molar-refractivity contribution in [2.45, 2.75) is 0 Å². The highest BCUT2D eigenvalue weighted by Crippen LogP contribution is 2.45. The molecule has 298 valence electrons. The number of aromatic nitrogens is 2. The summed E-state index contributed by atoms with van der Waals surface area (Å²) in [4.78, 5) is 0. The highest BCUT2D eigenvalue weighted by molar-refractivity contribution is 6.20. The van der Waals surface area contributed by atoms with Gasteiger partial charge in [-0.15, -0.1) is 0 Å². The molecule has 0 N–H and O–H groups in total. The van der Waals surface area contributed by atoms with E-state index in [9.17, 15) is 0 Å². The number of hydrogen-bond donors (Lipinski definition) is 0. The predicted molar refractivity (Wildman–Crippen MR) is 266 cm³/mol. The average molecular weight is 817 g/mol. The molecule has 0 aliphatic heterocycles. The van der Waals surface area contributed by atoms with Crippen LogP contribution in [0.1, 0.15) is 0 Å². The number of para-hydroxylation sites is 6. The minimum absolute atomic E-state index is 0.902. The van der Waals surface area contributed by atoms with Gasteiger partial charge in [-0.1, -0.05) is 133 Å². The molecule has 0 bridgehead atoms. The van der Waals surface area contributed by atoms with Crippen molar-refractivity contribution >= 4 is 87.5 Å². The Balaban J connectivity index is 1.02. The lowest BCUT2D eigenvalue weighted by Crippen LogP contribution is -1.98. The molecule has 0 atom stereocenters. The Morgan fingerprint density at radius 3 is 1.06 bits per heavy atom. The maximum absolute atomic E-state index is 6.21. The van der Waals surface area contributed by atoms with E-state index in [4.69, 9.17) is 8.83 Å². The first kappa shape index (κ1) is 35.0. The fraction of sp³-hybridized carbons (Fsp3) is 0. The summed E-state index contributed by atoms with van der Waals surface area (Å²) >= 11 is 0. The molecular formula is C60H36N2O2. The van der Waals surface area contributed by atoms with Gasteiger partial charge in [0.25, 0.3) is 0 Å². The molecule has 14 rings (SSSR count). The van der Waals surface area contributed by atoms with Crippen LogP contribution in [-0.4, -0.2) is 9.13 Å². The van der Waals surface area contributed by atoms with Crippen LogP contribution in [0, 0.1) is 0 Å². The van der Waals surface area contributed by atoms with Gasteiger partial charge in [-0.25, -0.2) is 0 Å². The molecule has 64 heavy (non-hydrogen) atoms. The van der Waals surface area contributed by atoms with E-state index in [1.54, 1.807) is 0 Å². The zero-order valence-electron chi connectivity index (χ0n) is 34.5. The van der Waals surface area contributed by atoms with Gasteiger partial charge in [-0.3, -0.25) is 0 Å². The van der Waals surface area contributed by atoms with Crippen LogP contribution in [0.25, 0.3) is 132 Å². The summed E-state index contributed by atoms with van der Waals surface area (Å²) in [5, 5.41) is 9.35. The lowest BCUT2D eigenvalue weighted by molar-refractivity contribution is 0.668. The zero-order valence-corrected chi connectivity index (χ0v) is 34.5. The SMILES string of the molecule is c1ccc(-n2c3ccc(-c4ccc5oc6ccccc6c5c4)cc3c3cccc(-c4cccc5c6cc(-c7ccc8oc9ccccc9c8c7)ccc6n(-c6ccccc6)c45)c32)cc1. The van der Waals surface area contributed by atoms with Gasteiger partial charge in [-0.05, 0) is 107 Å². The van der Waals surface area contributed by atoms with Gasteiger partial charge in [-0.2, -0.15) is 0 Å². The van der Waals surface area contributed by atoms with Crippen LogP contribution in [0.5, 0.6) is 0 Å². The van der Waals surface area contributed by atoms with E-state index in [1.807, 2.05) is 24.3 Å². The van der Waals surface area contributed by atoms with E-state index in [1.165, 1.54) is 54.8 Å². The van der Waals surface area contributed by atoms with E-state index in [0.717, 1.165) is 77.4 Å². The van der Waals surface area contributed by atoms with Crippen LogP contribution in [0.15, 0.2) is 227 Å². The van der Waals surface area contributed by atoms with Crippen molar-refractivity contribution in [1.29, 1.82) is 0 Å². The fourth-order valence-corrected chi connectivity index (χ4v) is 10.4. The van der Waals surface area contributed by atoms with Gasteiger partial charge in [0.15, 0.2) is 0 Å². The molecule has 4 nitrogen and oxygen atoms in total. The molecule has 0 unspecified atom stereocenters.